The predicted molar refractivity (Wildman–Crippen MR) is 300 cm³/mol. The molecule has 0 N–H and O–H groups in total. The molecule has 0 bridgehead atoms. The van der Waals surface area contributed by atoms with Gasteiger partial charge in [-0.15, -0.1) is 5.10 Å². The summed E-state index contributed by atoms with van der Waals surface area (Å²) in [5, 5.41) is 7.36. The average molecular weight is 962 g/mol. The Morgan fingerprint density at radius 1 is 0.507 bits per heavy atom. The van der Waals surface area contributed by atoms with Crippen LogP contribution in [0.25, 0.3) is 83.8 Å². The molecule has 0 atom stereocenters. The first kappa shape index (κ1) is 36.6. The number of hydrogen-bond donors (Lipinski definition) is 0. The van der Waals surface area contributed by atoms with Crippen molar-refractivity contribution in [2.24, 2.45) is 0 Å². The maximum absolute atomic E-state index is 9.27. The molecule has 0 amide bonds. The average Bonchev–Trinajstić information content (AvgIpc) is 2.01. The van der Waals surface area contributed by atoms with Gasteiger partial charge in [0.05, 0.1) is 36.1 Å². The second kappa shape index (κ2) is 18.4. The van der Waals surface area contributed by atoms with E-state index in [9.17, 15) is 5.48 Å². The van der Waals surface area contributed by atoms with Crippen LogP contribution in [0.3, 0.4) is 0 Å². The summed E-state index contributed by atoms with van der Waals surface area (Å²) in [7, 11) is 0. The molecule has 0 radical (unpaired) electrons. The number of benzene rings is 8. The zero-order chi connectivity index (χ0) is 59.4. The van der Waals surface area contributed by atoms with Gasteiger partial charge in [0.15, 0.2) is 5.82 Å². The number of hydrogen-bond acceptors (Lipinski definition) is 3. The molecule has 3 heterocycles. The van der Waals surface area contributed by atoms with Crippen molar-refractivity contribution in [2.75, 3.05) is 0 Å². The van der Waals surface area contributed by atoms with Gasteiger partial charge in [-0.25, -0.2) is 4.98 Å². The van der Waals surface area contributed by atoms with Crippen molar-refractivity contribution in [1.29, 1.82) is 0 Å². The SMILES string of the molecule is [2H]c1c([2H])c([2H])c(-c2cccc(-c3c([2H])c([2H])c([2H])c([2H])c3[2H])c2-c2n[n+](-c3cc(C(C)(C)C)cc(C(C)(C)C)c3)[c-]n2-c2cccc(Oc3ccc4c5cc(-c6ccccc6)ccc5n(-c5cc(C(C)(C)C)ccn5)c4c3)c2)c([2H])c1[2H]. The Hall–Kier alpha value is -8.35. The molecule has 0 fully saturated rings. The molecule has 11 aromatic rings. The van der Waals surface area contributed by atoms with Crippen LogP contribution in [0.5, 0.6) is 11.5 Å². The molecule has 360 valence electrons. The Balaban J connectivity index is 1.16. The van der Waals surface area contributed by atoms with Gasteiger partial charge >= 0.3 is 0 Å². The molecule has 0 saturated heterocycles. The Morgan fingerprint density at radius 3 is 1.78 bits per heavy atom. The summed E-state index contributed by atoms with van der Waals surface area (Å²) in [6.45, 7) is 19.3. The van der Waals surface area contributed by atoms with Crippen molar-refractivity contribution in [3.05, 3.63) is 229 Å². The first-order chi connectivity index (χ1) is 39.2. The standard InChI is InChI=1S/C67H61N5O/c1-65(2,3)49-35-36-68-62(41-49)72-60-34-31-48(45-21-13-10-14-22-45)37-59(60)58-33-32-55(43-61(58)72)73-54-28-19-27-52(42-54)70-44-71(53-39-50(66(4,5)6)38-51(40-53)67(7,8)9)69-64(70)63-56(46-23-15-11-16-24-46)29-20-30-57(63)47-25-17-12-18-26-47/h10-43H,1-9H3/i11D,12D,15D,16D,17D,18D,23D,24D,25D,26D. The Kier molecular flexibility index (Phi) is 9.19. The fraction of sp³-hybridized carbons (Fsp3) is 0.179. The molecule has 0 spiro atoms. The van der Waals surface area contributed by atoms with Crippen LogP contribution < -0.4 is 9.42 Å². The molecule has 0 aliphatic rings. The van der Waals surface area contributed by atoms with E-state index in [1.54, 1.807) is 27.4 Å². The molecule has 0 saturated carbocycles. The van der Waals surface area contributed by atoms with E-state index >= 15 is 0 Å². The third-order valence-corrected chi connectivity index (χ3v) is 13.3. The van der Waals surface area contributed by atoms with Gasteiger partial charge in [-0.05, 0) is 115 Å². The predicted octanol–water partition coefficient (Wildman–Crippen LogP) is 16.8. The normalized spacial score (nSPS) is 14.1. The molecular weight excluding hydrogens is 891 g/mol. The molecule has 0 unspecified atom stereocenters. The minimum absolute atomic E-state index is 0.104. The van der Waals surface area contributed by atoms with Crippen LogP contribution in [0.4, 0.5) is 0 Å². The van der Waals surface area contributed by atoms with Crippen molar-refractivity contribution in [3.8, 4) is 73.5 Å². The second-order valence-electron chi connectivity index (χ2n) is 21.5. The smallest absolute Gasteiger partial charge is 0.273 e. The third-order valence-electron chi connectivity index (χ3n) is 13.3. The van der Waals surface area contributed by atoms with Gasteiger partial charge in [0, 0.05) is 28.6 Å². The molecule has 11 rings (SSSR count). The summed E-state index contributed by atoms with van der Waals surface area (Å²) in [6, 6.07) is 39.8. The topological polar surface area (TPSA) is 48.8 Å². The van der Waals surface area contributed by atoms with E-state index in [1.807, 2.05) is 79.0 Å². The van der Waals surface area contributed by atoms with E-state index in [0.29, 0.717) is 22.9 Å². The van der Waals surface area contributed by atoms with Gasteiger partial charge in [0.1, 0.15) is 17.3 Å². The summed E-state index contributed by atoms with van der Waals surface area (Å²) >= 11 is 0. The van der Waals surface area contributed by atoms with Gasteiger partial charge in [-0.1, -0.05) is 208 Å². The number of ether oxygens (including phenoxy) is 1. The minimum atomic E-state index is -0.589. The summed E-state index contributed by atoms with van der Waals surface area (Å²) in [4.78, 5) is 4.93. The molecular formula is C67H61N5O. The van der Waals surface area contributed by atoms with Gasteiger partial charge in [-0.2, -0.15) is 4.68 Å². The molecule has 8 aromatic carbocycles. The van der Waals surface area contributed by atoms with Gasteiger partial charge in [-0.3, -0.25) is 9.13 Å². The summed E-state index contributed by atoms with van der Waals surface area (Å²) in [5.74, 6) is 1.83. The minimum Gasteiger partial charge on any atom is -0.458 e. The lowest BCUT2D eigenvalue weighted by atomic mass is 9.80. The van der Waals surface area contributed by atoms with Crippen molar-refractivity contribution in [1.82, 2.24) is 19.2 Å². The lowest BCUT2D eigenvalue weighted by Gasteiger charge is -2.26. The zero-order valence-corrected chi connectivity index (χ0v) is 42.5. The zero-order valence-electron chi connectivity index (χ0n) is 52.5. The van der Waals surface area contributed by atoms with Crippen molar-refractivity contribution in [2.45, 2.75) is 78.6 Å². The Morgan fingerprint density at radius 2 is 1.14 bits per heavy atom. The molecule has 73 heavy (non-hydrogen) atoms. The molecule has 0 aliphatic carbocycles. The van der Waals surface area contributed by atoms with Crippen LogP contribution in [-0.2, 0) is 16.2 Å². The number of nitrogens with zero attached hydrogens (tertiary/aromatic N) is 5. The van der Waals surface area contributed by atoms with Crippen LogP contribution in [0.2, 0.25) is 0 Å². The van der Waals surface area contributed by atoms with Crippen LogP contribution in [0.1, 0.15) is 92.7 Å². The largest absolute Gasteiger partial charge is 0.458 e. The van der Waals surface area contributed by atoms with Crippen LogP contribution in [-0.4, -0.2) is 19.2 Å². The highest BCUT2D eigenvalue weighted by Crippen LogP contribution is 2.42. The van der Waals surface area contributed by atoms with E-state index in [1.165, 1.54) is 0 Å². The summed E-state index contributed by atoms with van der Waals surface area (Å²) in [5.41, 5.74) is 7.56. The van der Waals surface area contributed by atoms with Crippen LogP contribution in [0.15, 0.2) is 206 Å². The third kappa shape index (κ3) is 9.26. The fourth-order valence-corrected chi connectivity index (χ4v) is 9.29. The highest BCUT2D eigenvalue weighted by Gasteiger charge is 2.26. The van der Waals surface area contributed by atoms with Gasteiger partial charge in [0.25, 0.3) is 6.33 Å². The highest BCUT2D eigenvalue weighted by molar-refractivity contribution is 6.10. The van der Waals surface area contributed by atoms with Gasteiger partial charge < -0.3 is 4.74 Å². The monoisotopic (exact) mass is 962 g/mol. The maximum Gasteiger partial charge on any atom is 0.273 e. The molecule has 6 nitrogen and oxygen atoms in total. The van der Waals surface area contributed by atoms with E-state index in [-0.39, 0.29) is 49.9 Å². The first-order valence-electron chi connectivity index (χ1n) is 29.5. The van der Waals surface area contributed by atoms with E-state index < -0.39 is 60.4 Å². The Labute approximate surface area is 443 Å². The maximum atomic E-state index is 9.27. The Bertz CT molecular complexity index is 4260. The summed E-state index contributed by atoms with van der Waals surface area (Å²) in [6.07, 6.45) is 5.35. The number of aromatic nitrogens is 5. The van der Waals surface area contributed by atoms with Crippen molar-refractivity contribution in [3.63, 3.8) is 0 Å². The quantitative estimate of drug-likeness (QED) is 0.107. The fourth-order valence-electron chi connectivity index (χ4n) is 9.29. The first-order valence-corrected chi connectivity index (χ1v) is 24.5. The highest BCUT2D eigenvalue weighted by atomic mass is 16.5. The van der Waals surface area contributed by atoms with E-state index in [2.05, 4.69) is 122 Å². The van der Waals surface area contributed by atoms with Gasteiger partial charge in [0.2, 0.25) is 0 Å². The molecule has 6 heteroatoms. The van der Waals surface area contributed by atoms with Crippen LogP contribution >= 0.6 is 0 Å². The lowest BCUT2D eigenvalue weighted by Crippen LogP contribution is -2.34. The van der Waals surface area contributed by atoms with E-state index in [4.69, 9.17) is 23.0 Å². The summed E-state index contributed by atoms with van der Waals surface area (Å²) < 4.78 is 102. The molecule has 3 aromatic heterocycles. The van der Waals surface area contributed by atoms with Crippen molar-refractivity contribution < 1.29 is 23.1 Å². The number of rotatable bonds is 9. The van der Waals surface area contributed by atoms with Crippen molar-refractivity contribution >= 4 is 21.8 Å². The number of fused-ring (bicyclic) bond motifs is 3. The van der Waals surface area contributed by atoms with E-state index in [0.717, 1.165) is 55.4 Å². The number of pyridine rings is 1. The molecule has 0 aliphatic heterocycles. The lowest BCUT2D eigenvalue weighted by molar-refractivity contribution is -0.660. The van der Waals surface area contributed by atoms with Crippen LogP contribution in [0, 0.1) is 6.33 Å². The second-order valence-corrected chi connectivity index (χ2v) is 21.5.